The number of carbonyl (C=O) groups excluding carboxylic acids is 3. The number of aliphatic hydroxyl groups excluding tert-OH is 2. The molecule has 2 heterocycles. The lowest BCUT2D eigenvalue weighted by Crippen LogP contribution is -2.65. The first-order valence-corrected chi connectivity index (χ1v) is 14.7. The number of anilines is 1. The molecule has 13 atom stereocenters. The van der Waals surface area contributed by atoms with E-state index in [9.17, 15) is 29.7 Å². The van der Waals surface area contributed by atoms with Gasteiger partial charge in [-0.25, -0.2) is 9.59 Å². The van der Waals surface area contributed by atoms with E-state index in [0.29, 0.717) is 11.3 Å². The van der Waals surface area contributed by atoms with Gasteiger partial charge < -0.3 is 39.8 Å². The number of cyclic esters (lactones) is 1. The average Bonchev–Trinajstić information content (AvgIpc) is 3.44. The standard InChI is InChI=1S/C31H42N2O9/c1-13-9-14(2)31(39)18(10-22(40-6)30(38)41-27(13)16(4)34)7-8-20-23-24(25(20)31)26(36)15(3)28(23)42-29(37)21-11-19(12-32-21)33-17(5)35/h7-9,11-13,15-16,18,20,22-28,32,34,36,39H,10H2,1-6H3,(H,33,35)/b14-9+/t13-,15-,16-,18-,20?,22+,23+,24?,25?,26-,27+,28-,31+/m1/s1. The maximum absolute atomic E-state index is 13.1. The van der Waals surface area contributed by atoms with Gasteiger partial charge in [0.05, 0.1) is 23.5 Å². The summed E-state index contributed by atoms with van der Waals surface area (Å²) in [5.74, 6) is -3.90. The van der Waals surface area contributed by atoms with Gasteiger partial charge in [0, 0.05) is 49.8 Å². The van der Waals surface area contributed by atoms with Crippen molar-refractivity contribution < 1.29 is 43.9 Å². The summed E-state index contributed by atoms with van der Waals surface area (Å²) in [5.41, 5.74) is -0.113. The molecule has 2 saturated carbocycles. The summed E-state index contributed by atoms with van der Waals surface area (Å²) in [6.07, 6.45) is 3.29. The third-order valence-corrected chi connectivity index (χ3v) is 10.1. The summed E-state index contributed by atoms with van der Waals surface area (Å²) < 4.78 is 17.1. The second-order valence-electron chi connectivity index (χ2n) is 12.6. The Morgan fingerprint density at radius 1 is 1.24 bits per heavy atom. The fourth-order valence-electron chi connectivity index (χ4n) is 8.08. The molecular weight excluding hydrogens is 544 g/mol. The quantitative estimate of drug-likeness (QED) is 0.257. The van der Waals surface area contributed by atoms with Gasteiger partial charge in [-0.05, 0) is 43.7 Å². The van der Waals surface area contributed by atoms with E-state index in [-0.39, 0.29) is 41.7 Å². The highest BCUT2D eigenvalue weighted by Gasteiger charge is 2.71. The maximum Gasteiger partial charge on any atom is 0.355 e. The number of hydrogen-bond acceptors (Lipinski definition) is 9. The molecule has 2 fully saturated rings. The van der Waals surface area contributed by atoms with Crippen molar-refractivity contribution in [1.82, 2.24) is 4.98 Å². The molecule has 11 heteroatoms. The van der Waals surface area contributed by atoms with Gasteiger partial charge in [0.25, 0.3) is 0 Å². The Morgan fingerprint density at radius 2 is 1.95 bits per heavy atom. The van der Waals surface area contributed by atoms with Crippen LogP contribution in [0.15, 0.2) is 36.1 Å². The Hall–Kier alpha value is -2.99. The molecule has 0 aromatic carbocycles. The number of aromatic nitrogens is 1. The monoisotopic (exact) mass is 586 g/mol. The second kappa shape index (κ2) is 11.3. The Balaban J connectivity index is 1.46. The number of esters is 2. The van der Waals surface area contributed by atoms with Crippen LogP contribution in [0.1, 0.15) is 51.5 Å². The van der Waals surface area contributed by atoms with Crippen LogP contribution in [0.4, 0.5) is 5.69 Å². The summed E-state index contributed by atoms with van der Waals surface area (Å²) in [5, 5.41) is 37.1. The van der Waals surface area contributed by atoms with Crippen molar-refractivity contribution in [2.24, 2.45) is 41.4 Å². The van der Waals surface area contributed by atoms with Crippen molar-refractivity contribution in [2.75, 3.05) is 12.4 Å². The number of nitrogens with one attached hydrogen (secondary N) is 2. The highest BCUT2D eigenvalue weighted by atomic mass is 16.6. The normalized spacial score (nSPS) is 42.9. The molecule has 3 unspecified atom stereocenters. The lowest BCUT2D eigenvalue weighted by molar-refractivity contribution is -0.186. The van der Waals surface area contributed by atoms with Crippen LogP contribution < -0.4 is 5.32 Å². The Morgan fingerprint density at radius 3 is 2.60 bits per heavy atom. The van der Waals surface area contributed by atoms with Crippen molar-refractivity contribution in [3.63, 3.8) is 0 Å². The first-order chi connectivity index (χ1) is 19.8. The van der Waals surface area contributed by atoms with Crippen molar-refractivity contribution in [3.8, 4) is 0 Å². The zero-order chi connectivity index (χ0) is 30.7. The predicted octanol–water partition coefficient (Wildman–Crippen LogP) is 2.20. The summed E-state index contributed by atoms with van der Waals surface area (Å²) in [6.45, 7) is 8.45. The molecule has 11 nitrogen and oxygen atoms in total. The first-order valence-electron chi connectivity index (χ1n) is 14.7. The van der Waals surface area contributed by atoms with E-state index >= 15 is 0 Å². The number of methoxy groups -OCH3 is 1. The van der Waals surface area contributed by atoms with E-state index in [1.165, 1.54) is 26.3 Å². The van der Waals surface area contributed by atoms with Gasteiger partial charge in [-0.15, -0.1) is 0 Å². The Bertz CT molecular complexity index is 1290. The molecule has 5 N–H and O–H groups in total. The third kappa shape index (κ3) is 4.90. The van der Waals surface area contributed by atoms with Crippen LogP contribution in [-0.2, 0) is 23.8 Å². The summed E-state index contributed by atoms with van der Waals surface area (Å²) >= 11 is 0. The van der Waals surface area contributed by atoms with Crippen molar-refractivity contribution in [1.29, 1.82) is 0 Å². The highest BCUT2D eigenvalue weighted by molar-refractivity contribution is 5.93. The first kappa shape index (κ1) is 30.5. The molecular formula is C31H42N2O9. The minimum atomic E-state index is -1.42. The van der Waals surface area contributed by atoms with Gasteiger partial charge in [0.2, 0.25) is 5.91 Å². The SMILES string of the molecule is CO[C@H]1C[C@H]2C=CC3C(C4[C@H]3[C@H](OC(=O)c3cc(NC(C)=O)c[nH]3)[C@H](C)[C@H]4O)[C@]2(O)/C(C)=C/[C@@H](C)[C@@H]([C@@H](C)O)OC1=O. The molecule has 42 heavy (non-hydrogen) atoms. The minimum Gasteiger partial charge on any atom is -0.457 e. The van der Waals surface area contributed by atoms with Crippen molar-refractivity contribution in [2.45, 2.75) is 77.2 Å². The number of H-pyrrole nitrogens is 1. The number of rotatable bonds is 5. The number of ether oxygens (including phenoxy) is 3. The number of hydrogen-bond donors (Lipinski definition) is 5. The van der Waals surface area contributed by atoms with Gasteiger partial charge in [-0.1, -0.05) is 32.1 Å². The van der Waals surface area contributed by atoms with E-state index in [0.717, 1.165) is 0 Å². The van der Waals surface area contributed by atoms with E-state index in [1.807, 2.05) is 39.0 Å². The van der Waals surface area contributed by atoms with Crippen LogP contribution in [0.25, 0.3) is 0 Å². The lowest BCUT2D eigenvalue weighted by Gasteiger charge is -2.61. The molecule has 4 aliphatic rings. The second-order valence-corrected chi connectivity index (χ2v) is 12.6. The van der Waals surface area contributed by atoms with E-state index in [2.05, 4.69) is 10.3 Å². The third-order valence-electron chi connectivity index (χ3n) is 10.1. The van der Waals surface area contributed by atoms with E-state index in [1.54, 1.807) is 6.92 Å². The zero-order valence-corrected chi connectivity index (χ0v) is 24.8. The van der Waals surface area contributed by atoms with Crippen molar-refractivity contribution in [3.05, 3.63) is 41.8 Å². The summed E-state index contributed by atoms with van der Waals surface area (Å²) in [4.78, 5) is 40.4. The largest absolute Gasteiger partial charge is 0.457 e. The molecule has 5 rings (SSSR count). The molecule has 1 aromatic heterocycles. The number of carbonyl (C=O) groups is 3. The summed E-state index contributed by atoms with van der Waals surface area (Å²) in [6, 6.07) is 1.50. The fraction of sp³-hybridized carbons (Fsp3) is 0.645. The molecule has 1 aromatic rings. The smallest absolute Gasteiger partial charge is 0.355 e. The highest BCUT2D eigenvalue weighted by Crippen LogP contribution is 2.66. The molecule has 0 saturated heterocycles. The molecule has 0 bridgehead atoms. The van der Waals surface area contributed by atoms with Crippen LogP contribution >= 0.6 is 0 Å². The zero-order valence-electron chi connectivity index (χ0n) is 24.8. The Kier molecular flexibility index (Phi) is 8.17. The minimum absolute atomic E-state index is 0.155. The van der Waals surface area contributed by atoms with Gasteiger partial charge in [-0.2, -0.15) is 0 Å². The van der Waals surface area contributed by atoms with Crippen LogP contribution in [0, 0.1) is 41.4 Å². The van der Waals surface area contributed by atoms with Gasteiger partial charge in [-0.3, -0.25) is 4.79 Å². The van der Waals surface area contributed by atoms with E-state index < -0.39 is 65.8 Å². The van der Waals surface area contributed by atoms with Crippen LogP contribution in [-0.4, -0.2) is 81.4 Å². The lowest BCUT2D eigenvalue weighted by atomic mass is 9.46. The molecule has 0 radical (unpaired) electrons. The van der Waals surface area contributed by atoms with Gasteiger partial charge in [0.1, 0.15) is 17.9 Å². The number of aliphatic hydroxyl groups is 3. The topological polar surface area (TPSA) is 167 Å². The fourth-order valence-corrected chi connectivity index (χ4v) is 8.08. The average molecular weight is 587 g/mol. The molecule has 3 aliphatic carbocycles. The number of fused-ring (bicyclic) bond motifs is 6. The van der Waals surface area contributed by atoms with Gasteiger partial charge in [0.15, 0.2) is 6.10 Å². The molecule has 230 valence electrons. The van der Waals surface area contributed by atoms with Crippen LogP contribution in [0.2, 0.25) is 0 Å². The number of amides is 1. The van der Waals surface area contributed by atoms with Crippen LogP contribution in [0.3, 0.4) is 0 Å². The Labute approximate surface area is 245 Å². The maximum atomic E-state index is 13.1. The van der Waals surface area contributed by atoms with Crippen molar-refractivity contribution >= 4 is 23.5 Å². The number of aromatic amines is 1. The molecule has 1 amide bonds. The number of allylic oxidation sites excluding steroid dienone is 1. The predicted molar refractivity (Wildman–Crippen MR) is 151 cm³/mol. The van der Waals surface area contributed by atoms with Crippen LogP contribution in [0.5, 0.6) is 0 Å². The van der Waals surface area contributed by atoms with E-state index in [4.69, 9.17) is 14.2 Å². The molecule has 1 aliphatic heterocycles. The van der Waals surface area contributed by atoms with Gasteiger partial charge >= 0.3 is 11.9 Å². The summed E-state index contributed by atoms with van der Waals surface area (Å²) in [7, 11) is 1.42. The molecule has 0 spiro atoms.